The Bertz CT molecular complexity index is 1030. The molecule has 1 atom stereocenters. The Morgan fingerprint density at radius 3 is 2.45 bits per heavy atom. The van der Waals surface area contributed by atoms with Crippen LogP contribution in [0.3, 0.4) is 0 Å². The molecule has 1 saturated heterocycles. The summed E-state index contributed by atoms with van der Waals surface area (Å²) in [7, 11) is 2.06. The van der Waals surface area contributed by atoms with Crippen LogP contribution in [0.25, 0.3) is 11.1 Å². The lowest BCUT2D eigenvalue weighted by molar-refractivity contribution is -0.146. The first-order valence-corrected chi connectivity index (χ1v) is 10.9. The number of amides is 2. The van der Waals surface area contributed by atoms with Crippen LogP contribution < -0.4 is 10.2 Å². The summed E-state index contributed by atoms with van der Waals surface area (Å²) in [6, 6.07) is 14.0. The molecule has 0 spiro atoms. The molecule has 2 N–H and O–H groups in total. The van der Waals surface area contributed by atoms with Gasteiger partial charge >= 0.3 is 0 Å². The summed E-state index contributed by atoms with van der Waals surface area (Å²) < 4.78 is 0. The number of aliphatic hydroxyl groups is 1. The van der Waals surface area contributed by atoms with E-state index in [1.807, 2.05) is 31.2 Å². The van der Waals surface area contributed by atoms with Crippen LogP contribution in [0.2, 0.25) is 0 Å². The van der Waals surface area contributed by atoms with E-state index in [2.05, 4.69) is 35.5 Å². The second-order valence-corrected chi connectivity index (χ2v) is 8.97. The van der Waals surface area contributed by atoms with E-state index in [1.54, 1.807) is 9.80 Å². The molecule has 162 valence electrons. The molecule has 0 aromatic heterocycles. The number of hydrogen-bond acceptors (Lipinski definition) is 5. The fourth-order valence-corrected chi connectivity index (χ4v) is 4.51. The maximum Gasteiger partial charge on any atom is 0.254 e. The molecule has 2 fully saturated rings. The fourth-order valence-electron chi connectivity index (χ4n) is 4.51. The summed E-state index contributed by atoms with van der Waals surface area (Å²) >= 11 is 0. The van der Waals surface area contributed by atoms with Crippen molar-refractivity contribution in [1.29, 1.82) is 0 Å². The Hall–Kier alpha value is -3.06. The van der Waals surface area contributed by atoms with Gasteiger partial charge in [-0.25, -0.2) is 0 Å². The molecular weight excluding hydrogens is 392 g/mol. The third-order valence-electron chi connectivity index (χ3n) is 6.68. The van der Waals surface area contributed by atoms with E-state index < -0.39 is 5.60 Å². The zero-order valence-electron chi connectivity index (χ0n) is 18.0. The normalized spacial score (nSPS) is 21.5. The molecule has 2 aromatic rings. The number of carbonyl (C=O) groups is 2. The molecular formula is C24H28N4O3. The molecule has 2 aromatic carbocycles. The van der Waals surface area contributed by atoms with Crippen molar-refractivity contribution in [3.8, 4) is 11.1 Å². The summed E-state index contributed by atoms with van der Waals surface area (Å²) in [5.41, 5.74) is 3.99. The van der Waals surface area contributed by atoms with E-state index in [9.17, 15) is 14.7 Å². The van der Waals surface area contributed by atoms with Gasteiger partial charge in [-0.3, -0.25) is 9.59 Å². The molecule has 0 unspecified atom stereocenters. The summed E-state index contributed by atoms with van der Waals surface area (Å²) in [4.78, 5) is 31.2. The Morgan fingerprint density at radius 1 is 1.06 bits per heavy atom. The molecule has 7 heteroatoms. The van der Waals surface area contributed by atoms with Crippen LogP contribution in [0.1, 0.15) is 30.1 Å². The standard InChI is InChI=1S/C24H28N4O3/c1-16-14-27(11-12-28(16)23(30)24(31)9-10-24)22(29)18-5-3-17(4-6-18)19-7-8-21-20(13-19)25-15-26(21)2/h3-8,13,16,25,31H,9-12,14-15H2,1-2H3/t16-/m1/s1. The summed E-state index contributed by atoms with van der Waals surface area (Å²) in [5.74, 6) is -0.209. The second-order valence-electron chi connectivity index (χ2n) is 8.97. The average molecular weight is 421 g/mol. The highest BCUT2D eigenvalue weighted by Crippen LogP contribution is 2.38. The Kier molecular flexibility index (Phi) is 4.66. The van der Waals surface area contributed by atoms with Crippen molar-refractivity contribution in [2.45, 2.75) is 31.4 Å². The van der Waals surface area contributed by atoms with Gasteiger partial charge in [-0.15, -0.1) is 0 Å². The number of carbonyl (C=O) groups excluding carboxylic acids is 2. The molecule has 1 aliphatic carbocycles. The van der Waals surface area contributed by atoms with Crippen LogP contribution in [0.15, 0.2) is 42.5 Å². The lowest BCUT2D eigenvalue weighted by Gasteiger charge is -2.40. The summed E-state index contributed by atoms with van der Waals surface area (Å²) in [6.07, 6.45) is 1.09. The predicted molar refractivity (Wildman–Crippen MR) is 120 cm³/mol. The van der Waals surface area contributed by atoms with Crippen LogP contribution in [0, 0.1) is 0 Å². The maximum absolute atomic E-state index is 13.0. The molecule has 2 heterocycles. The van der Waals surface area contributed by atoms with E-state index in [0.717, 1.165) is 23.5 Å². The minimum atomic E-state index is -1.15. The van der Waals surface area contributed by atoms with Gasteiger partial charge < -0.3 is 25.1 Å². The number of anilines is 2. The number of rotatable bonds is 3. The molecule has 1 saturated carbocycles. The van der Waals surface area contributed by atoms with Gasteiger partial charge in [-0.05, 0) is 55.2 Å². The highest BCUT2D eigenvalue weighted by molar-refractivity contribution is 5.95. The fraction of sp³-hybridized carbons (Fsp3) is 0.417. The van der Waals surface area contributed by atoms with Crippen LogP contribution in [0.5, 0.6) is 0 Å². The largest absolute Gasteiger partial charge is 0.380 e. The van der Waals surface area contributed by atoms with Crippen LogP contribution in [0.4, 0.5) is 11.4 Å². The highest BCUT2D eigenvalue weighted by atomic mass is 16.3. The number of nitrogens with one attached hydrogen (secondary N) is 1. The van der Waals surface area contributed by atoms with E-state index in [-0.39, 0.29) is 17.9 Å². The first-order valence-electron chi connectivity index (χ1n) is 10.9. The third kappa shape index (κ3) is 3.53. The van der Waals surface area contributed by atoms with Crippen molar-refractivity contribution in [3.63, 3.8) is 0 Å². The topological polar surface area (TPSA) is 76.1 Å². The summed E-state index contributed by atoms with van der Waals surface area (Å²) in [5, 5.41) is 13.5. The highest BCUT2D eigenvalue weighted by Gasteiger charge is 2.51. The monoisotopic (exact) mass is 420 g/mol. The molecule has 0 radical (unpaired) electrons. The van der Waals surface area contributed by atoms with E-state index >= 15 is 0 Å². The van der Waals surface area contributed by atoms with Gasteiger partial charge in [0.2, 0.25) is 0 Å². The number of hydrogen-bond donors (Lipinski definition) is 2. The minimum absolute atomic E-state index is 0.0205. The first-order chi connectivity index (χ1) is 14.9. The number of fused-ring (bicyclic) bond motifs is 1. The van der Waals surface area contributed by atoms with Crippen molar-refractivity contribution in [3.05, 3.63) is 48.0 Å². The van der Waals surface area contributed by atoms with E-state index in [0.29, 0.717) is 38.0 Å². The molecule has 31 heavy (non-hydrogen) atoms. The molecule has 3 aliphatic rings. The zero-order chi connectivity index (χ0) is 21.8. The first kappa shape index (κ1) is 19.9. The van der Waals surface area contributed by atoms with Crippen LogP contribution in [-0.4, -0.2) is 71.7 Å². The quantitative estimate of drug-likeness (QED) is 0.797. The van der Waals surface area contributed by atoms with Gasteiger partial charge in [0.1, 0.15) is 5.60 Å². The van der Waals surface area contributed by atoms with Gasteiger partial charge in [-0.2, -0.15) is 0 Å². The Balaban J connectivity index is 1.26. The SMILES string of the molecule is C[C@@H]1CN(C(=O)c2ccc(-c3ccc4c(c3)NCN4C)cc2)CCN1C(=O)C1(O)CC1. The summed E-state index contributed by atoms with van der Waals surface area (Å²) in [6.45, 7) is 4.17. The third-order valence-corrected chi connectivity index (χ3v) is 6.68. The zero-order valence-corrected chi connectivity index (χ0v) is 18.0. The van der Waals surface area contributed by atoms with E-state index in [1.165, 1.54) is 5.69 Å². The average Bonchev–Trinajstić information content (AvgIpc) is 3.44. The van der Waals surface area contributed by atoms with Crippen molar-refractivity contribution < 1.29 is 14.7 Å². The molecule has 2 aliphatic heterocycles. The van der Waals surface area contributed by atoms with Crippen molar-refractivity contribution >= 4 is 23.2 Å². The number of benzene rings is 2. The van der Waals surface area contributed by atoms with Gasteiger partial charge in [0.05, 0.1) is 18.0 Å². The molecule has 0 bridgehead atoms. The van der Waals surface area contributed by atoms with Gasteiger partial charge in [0.15, 0.2) is 0 Å². The van der Waals surface area contributed by atoms with Crippen LogP contribution in [-0.2, 0) is 4.79 Å². The van der Waals surface area contributed by atoms with Crippen molar-refractivity contribution in [1.82, 2.24) is 9.80 Å². The van der Waals surface area contributed by atoms with Gasteiger partial charge in [0.25, 0.3) is 11.8 Å². The van der Waals surface area contributed by atoms with Gasteiger partial charge in [0, 0.05) is 38.3 Å². The minimum Gasteiger partial charge on any atom is -0.380 e. The number of piperazine rings is 1. The lowest BCUT2D eigenvalue weighted by atomic mass is 10.0. The molecule has 7 nitrogen and oxygen atoms in total. The van der Waals surface area contributed by atoms with Crippen molar-refractivity contribution in [2.24, 2.45) is 0 Å². The molecule has 5 rings (SSSR count). The van der Waals surface area contributed by atoms with E-state index in [4.69, 9.17) is 0 Å². The maximum atomic E-state index is 13.0. The van der Waals surface area contributed by atoms with Crippen LogP contribution >= 0.6 is 0 Å². The lowest BCUT2D eigenvalue weighted by Crippen LogP contribution is -2.57. The van der Waals surface area contributed by atoms with Gasteiger partial charge in [-0.1, -0.05) is 18.2 Å². The predicted octanol–water partition coefficient (Wildman–Crippen LogP) is 2.37. The smallest absolute Gasteiger partial charge is 0.254 e. The number of nitrogens with zero attached hydrogens (tertiary/aromatic N) is 3. The van der Waals surface area contributed by atoms with Crippen molar-refractivity contribution in [2.75, 3.05) is 43.6 Å². The molecule has 2 amide bonds. The Labute approximate surface area is 182 Å². The Morgan fingerprint density at radius 2 is 1.77 bits per heavy atom. The second kappa shape index (κ2) is 7.27.